The second-order valence-corrected chi connectivity index (χ2v) is 1.80. The minimum atomic E-state index is 0.324. The van der Waals surface area contributed by atoms with Crippen molar-refractivity contribution >= 4 is 17.3 Å². The Kier molecular flexibility index (Phi) is 1.81. The van der Waals surface area contributed by atoms with Crippen LogP contribution in [-0.2, 0) is 0 Å². The van der Waals surface area contributed by atoms with Gasteiger partial charge >= 0.3 is 0 Å². The van der Waals surface area contributed by atoms with Gasteiger partial charge in [0.25, 0.3) is 0 Å². The Hall–Kier alpha value is -0.870. The lowest BCUT2D eigenvalue weighted by Crippen LogP contribution is -2.06. The van der Waals surface area contributed by atoms with Crippen molar-refractivity contribution < 1.29 is 0 Å². The molecule has 0 saturated carbocycles. The van der Waals surface area contributed by atoms with Crippen LogP contribution in [0.25, 0.3) is 0 Å². The Morgan fingerprint density at radius 2 is 2.44 bits per heavy atom. The number of nitrogens with zero attached hydrogens (tertiary/aromatic N) is 2. The van der Waals surface area contributed by atoms with Gasteiger partial charge < -0.3 is 5.43 Å². The van der Waals surface area contributed by atoms with Crippen molar-refractivity contribution in [3.05, 3.63) is 17.4 Å². The average Bonchev–Trinajstić information content (AvgIpc) is 1.88. The first kappa shape index (κ1) is 6.25. The highest BCUT2D eigenvalue weighted by Crippen LogP contribution is 2.07. The van der Waals surface area contributed by atoms with E-state index in [2.05, 4.69) is 15.6 Å². The zero-order chi connectivity index (χ0) is 6.69. The molecule has 0 saturated heterocycles. The first-order chi connectivity index (χ1) is 4.33. The van der Waals surface area contributed by atoms with E-state index in [1.54, 1.807) is 6.07 Å². The summed E-state index contributed by atoms with van der Waals surface area (Å²) in [4.78, 5) is 0. The quantitative estimate of drug-likeness (QED) is 0.443. The van der Waals surface area contributed by atoms with Crippen molar-refractivity contribution in [2.45, 2.75) is 0 Å². The molecule has 3 N–H and O–H groups in total. The number of aromatic nitrogens is 2. The summed E-state index contributed by atoms with van der Waals surface area (Å²) in [6.45, 7) is 0. The van der Waals surface area contributed by atoms with Gasteiger partial charge in [0.1, 0.15) is 0 Å². The molecule has 0 unspecified atom stereocenters. The number of halogens is 1. The maximum atomic E-state index is 5.45. The number of hydrogen-bond acceptors (Lipinski definition) is 4. The summed E-state index contributed by atoms with van der Waals surface area (Å²) in [6.07, 6.45) is 1.48. The molecule has 0 amide bonds. The van der Waals surface area contributed by atoms with Crippen molar-refractivity contribution in [2.75, 3.05) is 5.43 Å². The largest absolute Gasteiger partial charge is 0.322 e. The molecule has 0 bridgehead atoms. The number of hydrazine groups is 1. The predicted molar refractivity (Wildman–Crippen MR) is 34.9 cm³/mol. The fourth-order valence-corrected chi connectivity index (χ4v) is 0.581. The molecule has 1 aromatic rings. The molecule has 0 atom stereocenters. The van der Waals surface area contributed by atoms with Crippen molar-refractivity contribution in [3.8, 4) is 0 Å². The Morgan fingerprint density at radius 3 is 2.89 bits per heavy atom. The Morgan fingerprint density at radius 1 is 1.67 bits per heavy atom. The SMILES string of the molecule is NNc1cnnc(Cl)c1. The van der Waals surface area contributed by atoms with Gasteiger partial charge in [0.15, 0.2) is 5.15 Å². The van der Waals surface area contributed by atoms with E-state index in [0.29, 0.717) is 10.8 Å². The fraction of sp³-hybridized carbons (Fsp3) is 0. The van der Waals surface area contributed by atoms with E-state index in [1.165, 1.54) is 6.20 Å². The lowest BCUT2D eigenvalue weighted by Gasteiger charge is -1.95. The van der Waals surface area contributed by atoms with Gasteiger partial charge in [0, 0.05) is 6.07 Å². The molecule has 48 valence electrons. The molecule has 0 aromatic carbocycles. The number of rotatable bonds is 1. The fourth-order valence-electron chi connectivity index (χ4n) is 0.420. The van der Waals surface area contributed by atoms with Crippen molar-refractivity contribution in [3.63, 3.8) is 0 Å². The van der Waals surface area contributed by atoms with Gasteiger partial charge in [-0.1, -0.05) is 11.6 Å². The molecule has 5 heteroatoms. The number of nitrogen functional groups attached to an aromatic ring is 1. The second-order valence-electron chi connectivity index (χ2n) is 1.41. The first-order valence-electron chi connectivity index (χ1n) is 2.28. The van der Waals surface area contributed by atoms with Crippen LogP contribution in [0.4, 0.5) is 5.69 Å². The van der Waals surface area contributed by atoms with Gasteiger partial charge in [-0.2, -0.15) is 5.10 Å². The van der Waals surface area contributed by atoms with E-state index in [-0.39, 0.29) is 0 Å². The Bertz CT molecular complexity index is 202. The van der Waals surface area contributed by atoms with E-state index in [9.17, 15) is 0 Å². The predicted octanol–water partition coefficient (Wildman–Crippen LogP) is 0.416. The minimum absolute atomic E-state index is 0.324. The van der Waals surface area contributed by atoms with Crippen LogP contribution in [0.15, 0.2) is 12.3 Å². The zero-order valence-corrected chi connectivity index (χ0v) is 5.26. The average molecular weight is 145 g/mol. The molecule has 0 aliphatic rings. The molecule has 0 aliphatic carbocycles. The molecule has 4 nitrogen and oxygen atoms in total. The molecule has 9 heavy (non-hydrogen) atoms. The van der Waals surface area contributed by atoms with Crippen LogP contribution < -0.4 is 11.3 Å². The molecule has 1 heterocycles. The van der Waals surface area contributed by atoms with Crippen LogP contribution in [0.5, 0.6) is 0 Å². The number of nitrogens with one attached hydrogen (secondary N) is 1. The highest BCUT2D eigenvalue weighted by atomic mass is 35.5. The van der Waals surface area contributed by atoms with Crippen molar-refractivity contribution in [1.82, 2.24) is 10.2 Å². The van der Waals surface area contributed by atoms with Crippen LogP contribution >= 0.6 is 11.6 Å². The second kappa shape index (κ2) is 2.61. The Labute approximate surface area is 57.0 Å². The third-order valence-corrected chi connectivity index (χ3v) is 0.976. The lowest BCUT2D eigenvalue weighted by molar-refractivity contribution is 1.03. The third-order valence-electron chi connectivity index (χ3n) is 0.791. The van der Waals surface area contributed by atoms with Gasteiger partial charge in [-0.05, 0) is 0 Å². The van der Waals surface area contributed by atoms with E-state index in [0.717, 1.165) is 0 Å². The molecular formula is C4H5ClN4. The van der Waals surface area contributed by atoms with E-state index in [4.69, 9.17) is 17.4 Å². The van der Waals surface area contributed by atoms with Gasteiger partial charge in [-0.3, -0.25) is 5.84 Å². The third kappa shape index (κ3) is 1.51. The summed E-state index contributed by atoms with van der Waals surface area (Å²) in [7, 11) is 0. The molecule has 0 fully saturated rings. The maximum Gasteiger partial charge on any atom is 0.153 e. The van der Waals surface area contributed by atoms with E-state index < -0.39 is 0 Å². The maximum absolute atomic E-state index is 5.45. The molecule has 1 rings (SSSR count). The highest BCUT2D eigenvalue weighted by molar-refractivity contribution is 6.29. The molecule has 0 aliphatic heterocycles. The van der Waals surface area contributed by atoms with Crippen molar-refractivity contribution in [1.29, 1.82) is 0 Å². The van der Waals surface area contributed by atoms with Crippen LogP contribution in [0.2, 0.25) is 5.15 Å². The Balaban J connectivity index is 2.94. The summed E-state index contributed by atoms with van der Waals surface area (Å²) in [6, 6.07) is 1.58. The number of anilines is 1. The van der Waals surface area contributed by atoms with Gasteiger partial charge in [-0.15, -0.1) is 5.10 Å². The normalized spacial score (nSPS) is 9.11. The van der Waals surface area contributed by atoms with E-state index in [1.807, 2.05) is 0 Å². The van der Waals surface area contributed by atoms with Crippen LogP contribution in [0.1, 0.15) is 0 Å². The smallest absolute Gasteiger partial charge is 0.153 e. The molecule has 0 radical (unpaired) electrons. The van der Waals surface area contributed by atoms with Gasteiger partial charge in [-0.25, -0.2) is 0 Å². The topological polar surface area (TPSA) is 63.8 Å². The standard InChI is InChI=1S/C4H5ClN4/c5-4-1-3(8-6)2-7-9-4/h1-2H,6H2,(H,8,9). The van der Waals surface area contributed by atoms with Crippen LogP contribution in [0.3, 0.4) is 0 Å². The van der Waals surface area contributed by atoms with E-state index >= 15 is 0 Å². The zero-order valence-electron chi connectivity index (χ0n) is 4.50. The minimum Gasteiger partial charge on any atom is -0.322 e. The molecule has 1 aromatic heterocycles. The summed E-state index contributed by atoms with van der Waals surface area (Å²) >= 11 is 5.45. The van der Waals surface area contributed by atoms with Gasteiger partial charge in [0.2, 0.25) is 0 Å². The van der Waals surface area contributed by atoms with Gasteiger partial charge in [0.05, 0.1) is 11.9 Å². The summed E-state index contributed by atoms with van der Waals surface area (Å²) < 4.78 is 0. The van der Waals surface area contributed by atoms with Crippen LogP contribution in [-0.4, -0.2) is 10.2 Å². The molecule has 0 spiro atoms. The lowest BCUT2D eigenvalue weighted by atomic mass is 10.5. The summed E-state index contributed by atoms with van der Waals surface area (Å²) in [5.41, 5.74) is 3.03. The molecular weight excluding hydrogens is 140 g/mol. The summed E-state index contributed by atoms with van der Waals surface area (Å²) in [5.74, 6) is 5.04. The van der Waals surface area contributed by atoms with Crippen molar-refractivity contribution in [2.24, 2.45) is 5.84 Å². The highest BCUT2D eigenvalue weighted by Gasteiger charge is 1.89. The summed E-state index contributed by atoms with van der Waals surface area (Å²) in [5, 5.41) is 7.36. The first-order valence-corrected chi connectivity index (χ1v) is 2.65. The number of hydrogen-bond donors (Lipinski definition) is 2. The number of nitrogens with two attached hydrogens (primary N) is 1. The monoisotopic (exact) mass is 144 g/mol. The van der Waals surface area contributed by atoms with Crippen LogP contribution in [0, 0.1) is 0 Å².